The molecule has 17 heavy (non-hydrogen) atoms. The molecule has 2 aliphatic heterocycles. The number of carbonyl (C=O) groups is 1. The second-order valence-corrected chi connectivity index (χ2v) is 4.57. The van der Waals surface area contributed by atoms with E-state index in [-0.39, 0.29) is 5.82 Å². The topological polar surface area (TPSA) is 44.4 Å². The summed E-state index contributed by atoms with van der Waals surface area (Å²) in [6.45, 7) is 1.88. The second kappa shape index (κ2) is 4.00. The van der Waals surface area contributed by atoms with Gasteiger partial charge in [-0.15, -0.1) is 0 Å². The molecule has 2 unspecified atom stereocenters. The Morgan fingerprint density at radius 2 is 2.41 bits per heavy atom. The van der Waals surface area contributed by atoms with Crippen molar-refractivity contribution in [1.29, 1.82) is 0 Å². The molecule has 1 aromatic rings. The van der Waals surface area contributed by atoms with Crippen LogP contribution in [0.4, 0.5) is 15.8 Å². The number of nitrogens with one attached hydrogen (secondary N) is 2. The van der Waals surface area contributed by atoms with Crippen LogP contribution in [0.3, 0.4) is 0 Å². The fourth-order valence-corrected chi connectivity index (χ4v) is 2.79. The Balaban J connectivity index is 1.94. The number of benzene rings is 1. The third-order valence-electron chi connectivity index (χ3n) is 3.54. The molecular weight excluding hydrogens is 221 g/mol. The van der Waals surface area contributed by atoms with E-state index >= 15 is 0 Å². The number of amides is 1. The predicted molar refractivity (Wildman–Crippen MR) is 63.6 cm³/mol. The molecule has 2 saturated heterocycles. The van der Waals surface area contributed by atoms with Crippen molar-refractivity contribution in [3.63, 3.8) is 0 Å². The van der Waals surface area contributed by atoms with E-state index in [4.69, 9.17) is 0 Å². The van der Waals surface area contributed by atoms with E-state index in [1.54, 1.807) is 6.07 Å². The highest BCUT2D eigenvalue weighted by atomic mass is 19.1. The van der Waals surface area contributed by atoms with Crippen LogP contribution in [0.25, 0.3) is 0 Å². The third-order valence-corrected chi connectivity index (χ3v) is 3.54. The van der Waals surface area contributed by atoms with Gasteiger partial charge in [0.1, 0.15) is 5.82 Å². The summed E-state index contributed by atoms with van der Waals surface area (Å²) in [5.41, 5.74) is 1.46. The van der Waals surface area contributed by atoms with Gasteiger partial charge in [-0.05, 0) is 24.6 Å². The van der Waals surface area contributed by atoms with Gasteiger partial charge in [-0.1, -0.05) is 0 Å². The smallest absolute Gasteiger partial charge is 0.211 e. The molecule has 0 saturated carbocycles. The highest BCUT2D eigenvalue weighted by Gasteiger charge is 2.38. The van der Waals surface area contributed by atoms with Gasteiger partial charge in [0.2, 0.25) is 6.41 Å². The zero-order valence-corrected chi connectivity index (χ0v) is 9.32. The monoisotopic (exact) mass is 235 g/mol. The Morgan fingerprint density at radius 3 is 3.06 bits per heavy atom. The van der Waals surface area contributed by atoms with Crippen molar-refractivity contribution in [1.82, 2.24) is 5.32 Å². The van der Waals surface area contributed by atoms with Gasteiger partial charge in [-0.2, -0.15) is 0 Å². The van der Waals surface area contributed by atoms with Gasteiger partial charge in [0.15, 0.2) is 0 Å². The summed E-state index contributed by atoms with van der Waals surface area (Å²) in [4.78, 5) is 12.8. The van der Waals surface area contributed by atoms with E-state index in [0.717, 1.165) is 25.2 Å². The second-order valence-electron chi connectivity index (χ2n) is 4.57. The molecule has 1 amide bonds. The normalized spacial score (nSPS) is 26.3. The van der Waals surface area contributed by atoms with Crippen molar-refractivity contribution in [3.8, 4) is 0 Å². The SMILES string of the molecule is O=CNc1cc(F)ccc1N1CC2CC1CN2. The Hall–Kier alpha value is -1.62. The number of carbonyl (C=O) groups excluding carboxylic acids is 1. The average Bonchev–Trinajstić information content (AvgIpc) is 2.91. The molecule has 4 nitrogen and oxygen atoms in total. The van der Waals surface area contributed by atoms with Gasteiger partial charge in [0.05, 0.1) is 11.4 Å². The minimum absolute atomic E-state index is 0.333. The first kappa shape index (κ1) is 10.5. The van der Waals surface area contributed by atoms with Crippen molar-refractivity contribution in [2.75, 3.05) is 23.3 Å². The van der Waals surface area contributed by atoms with E-state index < -0.39 is 0 Å². The maximum absolute atomic E-state index is 13.2. The maximum atomic E-state index is 13.2. The molecule has 2 atom stereocenters. The van der Waals surface area contributed by atoms with Crippen LogP contribution < -0.4 is 15.5 Å². The summed E-state index contributed by atoms with van der Waals surface area (Å²) >= 11 is 0. The minimum Gasteiger partial charge on any atom is -0.364 e. The van der Waals surface area contributed by atoms with E-state index in [1.165, 1.54) is 12.1 Å². The number of fused-ring (bicyclic) bond motifs is 2. The number of halogens is 1. The molecule has 3 rings (SSSR count). The molecule has 2 N–H and O–H groups in total. The van der Waals surface area contributed by atoms with Crippen LogP contribution in [0.2, 0.25) is 0 Å². The summed E-state index contributed by atoms with van der Waals surface area (Å²) in [5, 5.41) is 5.98. The standard InChI is InChI=1S/C12H14FN3O/c13-8-1-2-12(11(3-8)15-7-17)16-6-9-4-10(16)5-14-9/h1-3,7,9-10,14H,4-6H2,(H,15,17). The van der Waals surface area contributed by atoms with Crippen molar-refractivity contribution in [2.45, 2.75) is 18.5 Å². The predicted octanol–water partition coefficient (Wildman–Crippen LogP) is 0.944. The number of piperazine rings is 1. The molecule has 2 bridgehead atoms. The summed E-state index contributed by atoms with van der Waals surface area (Å²) < 4.78 is 13.2. The molecule has 5 heteroatoms. The first-order valence-electron chi connectivity index (χ1n) is 5.77. The van der Waals surface area contributed by atoms with Crippen LogP contribution in [0.1, 0.15) is 6.42 Å². The summed E-state index contributed by atoms with van der Waals surface area (Å²) in [7, 11) is 0. The number of nitrogens with zero attached hydrogens (tertiary/aromatic N) is 1. The summed E-state index contributed by atoms with van der Waals surface area (Å²) in [6.07, 6.45) is 1.71. The highest BCUT2D eigenvalue weighted by molar-refractivity contribution is 5.81. The van der Waals surface area contributed by atoms with Crippen molar-refractivity contribution in [2.24, 2.45) is 0 Å². The maximum Gasteiger partial charge on any atom is 0.211 e. The molecule has 0 aliphatic carbocycles. The Morgan fingerprint density at radius 1 is 1.53 bits per heavy atom. The first-order chi connectivity index (χ1) is 8.28. The van der Waals surface area contributed by atoms with Crippen molar-refractivity contribution < 1.29 is 9.18 Å². The number of rotatable bonds is 3. The molecular formula is C12H14FN3O. The van der Waals surface area contributed by atoms with E-state index in [0.29, 0.717) is 24.2 Å². The summed E-state index contributed by atoms with van der Waals surface area (Å²) in [5.74, 6) is -0.333. The third kappa shape index (κ3) is 1.76. The quantitative estimate of drug-likeness (QED) is 0.766. The van der Waals surface area contributed by atoms with Crippen LogP contribution in [-0.2, 0) is 4.79 Å². The van der Waals surface area contributed by atoms with E-state index in [9.17, 15) is 9.18 Å². The molecule has 1 aromatic carbocycles. The number of hydrogen-bond acceptors (Lipinski definition) is 3. The van der Waals surface area contributed by atoms with Crippen LogP contribution in [-0.4, -0.2) is 31.6 Å². The van der Waals surface area contributed by atoms with Crippen LogP contribution in [0, 0.1) is 5.82 Å². The Kier molecular flexibility index (Phi) is 2.48. The van der Waals surface area contributed by atoms with Gasteiger partial charge >= 0.3 is 0 Å². The lowest BCUT2D eigenvalue weighted by molar-refractivity contribution is -0.105. The van der Waals surface area contributed by atoms with Gasteiger partial charge in [-0.3, -0.25) is 4.79 Å². The van der Waals surface area contributed by atoms with E-state index in [2.05, 4.69) is 15.5 Å². The number of hydrogen-bond donors (Lipinski definition) is 2. The van der Waals surface area contributed by atoms with Crippen LogP contribution in [0.5, 0.6) is 0 Å². The van der Waals surface area contributed by atoms with E-state index in [1.807, 2.05) is 0 Å². The molecule has 2 fully saturated rings. The van der Waals surface area contributed by atoms with Gasteiger partial charge < -0.3 is 15.5 Å². The Bertz CT molecular complexity index is 451. The lowest BCUT2D eigenvalue weighted by Crippen LogP contribution is -2.43. The fraction of sp³-hybridized carbons (Fsp3) is 0.417. The zero-order valence-electron chi connectivity index (χ0n) is 9.32. The first-order valence-corrected chi connectivity index (χ1v) is 5.77. The lowest BCUT2D eigenvalue weighted by atomic mass is 10.2. The summed E-state index contributed by atoms with van der Waals surface area (Å²) in [6, 6.07) is 5.52. The van der Waals surface area contributed by atoms with Gasteiger partial charge in [-0.25, -0.2) is 4.39 Å². The highest BCUT2D eigenvalue weighted by Crippen LogP contribution is 2.34. The van der Waals surface area contributed by atoms with Gasteiger partial charge in [0, 0.05) is 25.2 Å². The fourth-order valence-electron chi connectivity index (χ4n) is 2.79. The van der Waals surface area contributed by atoms with Crippen molar-refractivity contribution >= 4 is 17.8 Å². The van der Waals surface area contributed by atoms with Crippen LogP contribution in [0.15, 0.2) is 18.2 Å². The van der Waals surface area contributed by atoms with Gasteiger partial charge in [0.25, 0.3) is 0 Å². The Labute approximate surface area is 98.8 Å². The molecule has 2 aliphatic rings. The zero-order chi connectivity index (χ0) is 11.8. The van der Waals surface area contributed by atoms with Crippen LogP contribution >= 0.6 is 0 Å². The molecule has 90 valence electrons. The average molecular weight is 235 g/mol. The molecule has 0 spiro atoms. The lowest BCUT2D eigenvalue weighted by Gasteiger charge is -2.31. The minimum atomic E-state index is -0.333. The molecule has 2 heterocycles. The molecule has 0 radical (unpaired) electrons. The molecule has 0 aromatic heterocycles. The number of anilines is 2. The van der Waals surface area contributed by atoms with Crippen molar-refractivity contribution in [3.05, 3.63) is 24.0 Å². The largest absolute Gasteiger partial charge is 0.364 e.